The smallest absolute Gasteiger partial charge is 0.261 e. The molecule has 0 radical (unpaired) electrons. The Bertz CT molecular complexity index is 771. The number of anilines is 1. The van der Waals surface area contributed by atoms with E-state index in [4.69, 9.17) is 22.3 Å². The standard InChI is InChI=1S/C13H8BrCl2NO3S/c14-9-5-8(6-10(15)7-9)13(18)17-11-1-3-12(4-2-11)21(16,19)20/h1-7H,(H,17,18). The number of benzene rings is 2. The van der Waals surface area contributed by atoms with Crippen molar-refractivity contribution in [3.63, 3.8) is 0 Å². The van der Waals surface area contributed by atoms with Crippen LogP contribution in [-0.2, 0) is 9.05 Å². The van der Waals surface area contributed by atoms with Crippen LogP contribution in [0.2, 0.25) is 5.02 Å². The van der Waals surface area contributed by atoms with E-state index < -0.39 is 9.05 Å². The summed E-state index contributed by atoms with van der Waals surface area (Å²) in [5.74, 6) is -0.361. The molecule has 0 heterocycles. The van der Waals surface area contributed by atoms with Gasteiger partial charge in [0.2, 0.25) is 0 Å². The van der Waals surface area contributed by atoms with Gasteiger partial charge in [-0.15, -0.1) is 0 Å². The molecule has 1 amide bonds. The molecule has 0 unspecified atom stereocenters. The van der Waals surface area contributed by atoms with E-state index in [1.165, 1.54) is 30.3 Å². The normalized spacial score (nSPS) is 11.2. The molecule has 0 saturated heterocycles. The predicted molar refractivity (Wildman–Crippen MR) is 86.6 cm³/mol. The number of amides is 1. The van der Waals surface area contributed by atoms with Crippen molar-refractivity contribution in [1.29, 1.82) is 0 Å². The summed E-state index contributed by atoms with van der Waals surface area (Å²) in [4.78, 5) is 12.0. The fourth-order valence-electron chi connectivity index (χ4n) is 1.59. The van der Waals surface area contributed by atoms with Crippen molar-refractivity contribution >= 4 is 58.9 Å². The van der Waals surface area contributed by atoms with Gasteiger partial charge >= 0.3 is 0 Å². The second-order valence-corrected chi connectivity index (χ2v) is 7.99. The second kappa shape index (κ2) is 6.36. The van der Waals surface area contributed by atoms with Crippen LogP contribution < -0.4 is 5.32 Å². The van der Waals surface area contributed by atoms with Gasteiger partial charge in [0.1, 0.15) is 0 Å². The van der Waals surface area contributed by atoms with Crippen LogP contribution in [0.1, 0.15) is 10.4 Å². The van der Waals surface area contributed by atoms with Gasteiger partial charge in [-0.1, -0.05) is 27.5 Å². The van der Waals surface area contributed by atoms with Crippen molar-refractivity contribution in [1.82, 2.24) is 0 Å². The van der Waals surface area contributed by atoms with Crippen LogP contribution in [-0.4, -0.2) is 14.3 Å². The van der Waals surface area contributed by atoms with Crippen molar-refractivity contribution in [2.24, 2.45) is 0 Å². The Morgan fingerprint density at radius 2 is 1.71 bits per heavy atom. The lowest BCUT2D eigenvalue weighted by atomic mass is 10.2. The van der Waals surface area contributed by atoms with Gasteiger partial charge in [0.25, 0.3) is 15.0 Å². The van der Waals surface area contributed by atoms with E-state index >= 15 is 0 Å². The monoisotopic (exact) mass is 407 g/mol. The number of halogens is 3. The Kier molecular flexibility index (Phi) is 4.93. The molecule has 1 N–H and O–H groups in total. The predicted octanol–water partition coefficient (Wildman–Crippen LogP) is 4.28. The first kappa shape index (κ1) is 16.3. The van der Waals surface area contributed by atoms with E-state index in [1.807, 2.05) is 0 Å². The average molecular weight is 409 g/mol. The highest BCUT2D eigenvalue weighted by Gasteiger charge is 2.11. The molecule has 0 fully saturated rings. The first-order valence-corrected chi connectivity index (χ1v) is 9.06. The highest BCUT2D eigenvalue weighted by atomic mass is 79.9. The van der Waals surface area contributed by atoms with Crippen LogP contribution in [0.3, 0.4) is 0 Å². The van der Waals surface area contributed by atoms with E-state index in [0.717, 1.165) is 0 Å². The maximum absolute atomic E-state index is 12.1. The third kappa shape index (κ3) is 4.44. The minimum absolute atomic E-state index is 0.0346. The minimum atomic E-state index is -3.78. The van der Waals surface area contributed by atoms with Crippen LogP contribution in [0, 0.1) is 0 Å². The summed E-state index contributed by atoms with van der Waals surface area (Å²) in [7, 11) is 1.44. The van der Waals surface area contributed by atoms with Crippen molar-refractivity contribution < 1.29 is 13.2 Å². The molecule has 2 aromatic carbocycles. The molecule has 8 heteroatoms. The van der Waals surface area contributed by atoms with Gasteiger partial charge < -0.3 is 5.32 Å². The molecule has 0 aliphatic carbocycles. The van der Waals surface area contributed by atoms with Crippen molar-refractivity contribution in [2.45, 2.75) is 4.90 Å². The Morgan fingerprint density at radius 1 is 1.10 bits per heavy atom. The van der Waals surface area contributed by atoms with Crippen molar-refractivity contribution in [3.05, 3.63) is 57.5 Å². The molecule has 0 aliphatic rings. The molecule has 0 saturated carbocycles. The summed E-state index contributed by atoms with van der Waals surface area (Å²) < 4.78 is 22.9. The summed E-state index contributed by atoms with van der Waals surface area (Å²) in [6, 6.07) is 10.3. The summed E-state index contributed by atoms with van der Waals surface area (Å²) in [5, 5.41) is 3.06. The topological polar surface area (TPSA) is 63.2 Å². The quantitative estimate of drug-likeness (QED) is 0.770. The summed E-state index contributed by atoms with van der Waals surface area (Å²) in [6.07, 6.45) is 0. The molecule has 0 aliphatic heterocycles. The SMILES string of the molecule is O=C(Nc1ccc(S(=O)(=O)Cl)cc1)c1cc(Cl)cc(Br)c1. The van der Waals surface area contributed by atoms with Gasteiger partial charge in [0, 0.05) is 31.4 Å². The molecule has 0 spiro atoms. The molecular formula is C13H8BrCl2NO3S. The van der Waals surface area contributed by atoms with E-state index in [9.17, 15) is 13.2 Å². The fourth-order valence-corrected chi connectivity index (χ4v) is 3.22. The Balaban J connectivity index is 2.20. The first-order valence-electron chi connectivity index (χ1n) is 5.58. The zero-order chi connectivity index (χ0) is 15.6. The van der Waals surface area contributed by atoms with E-state index in [0.29, 0.717) is 20.7 Å². The number of hydrogen-bond acceptors (Lipinski definition) is 3. The van der Waals surface area contributed by atoms with Gasteiger partial charge in [-0.05, 0) is 42.5 Å². The van der Waals surface area contributed by atoms with Crippen LogP contribution in [0.4, 0.5) is 5.69 Å². The number of nitrogens with one attached hydrogen (secondary N) is 1. The molecule has 2 rings (SSSR count). The Labute approximate surface area is 139 Å². The van der Waals surface area contributed by atoms with Crippen LogP contribution in [0.5, 0.6) is 0 Å². The molecule has 0 aromatic heterocycles. The summed E-state index contributed by atoms with van der Waals surface area (Å²) in [5.41, 5.74) is 0.823. The summed E-state index contributed by atoms with van der Waals surface area (Å²) in [6.45, 7) is 0. The lowest BCUT2D eigenvalue weighted by molar-refractivity contribution is 0.102. The Morgan fingerprint density at radius 3 is 2.24 bits per heavy atom. The van der Waals surface area contributed by atoms with Gasteiger partial charge in [0.15, 0.2) is 0 Å². The average Bonchev–Trinajstić information content (AvgIpc) is 2.37. The van der Waals surface area contributed by atoms with Crippen molar-refractivity contribution in [2.75, 3.05) is 5.32 Å². The van der Waals surface area contributed by atoms with Gasteiger partial charge in [-0.2, -0.15) is 0 Å². The molecule has 2 aromatic rings. The fraction of sp³-hybridized carbons (Fsp3) is 0. The van der Waals surface area contributed by atoms with Crippen LogP contribution in [0.25, 0.3) is 0 Å². The van der Waals surface area contributed by atoms with Gasteiger partial charge in [-0.3, -0.25) is 4.79 Å². The highest BCUT2D eigenvalue weighted by molar-refractivity contribution is 9.10. The zero-order valence-corrected chi connectivity index (χ0v) is 14.2. The molecule has 0 bridgehead atoms. The van der Waals surface area contributed by atoms with Gasteiger partial charge in [0.05, 0.1) is 4.90 Å². The molecule has 110 valence electrons. The third-order valence-electron chi connectivity index (χ3n) is 2.52. The number of carbonyl (C=O) groups is 1. The number of carbonyl (C=O) groups excluding carboxylic acids is 1. The molecule has 0 atom stereocenters. The second-order valence-electron chi connectivity index (χ2n) is 4.07. The largest absolute Gasteiger partial charge is 0.322 e. The van der Waals surface area contributed by atoms with Gasteiger partial charge in [-0.25, -0.2) is 8.42 Å². The van der Waals surface area contributed by atoms with E-state index in [-0.39, 0.29) is 10.8 Å². The summed E-state index contributed by atoms with van der Waals surface area (Å²) >= 11 is 9.13. The lowest BCUT2D eigenvalue weighted by Gasteiger charge is -2.06. The highest BCUT2D eigenvalue weighted by Crippen LogP contribution is 2.21. The van der Waals surface area contributed by atoms with E-state index in [1.54, 1.807) is 12.1 Å². The molecule has 4 nitrogen and oxygen atoms in total. The van der Waals surface area contributed by atoms with E-state index in [2.05, 4.69) is 21.2 Å². The van der Waals surface area contributed by atoms with Crippen LogP contribution >= 0.6 is 38.2 Å². The molecular weight excluding hydrogens is 401 g/mol. The zero-order valence-electron chi connectivity index (χ0n) is 10.3. The maximum Gasteiger partial charge on any atom is 0.261 e. The maximum atomic E-state index is 12.1. The first-order chi connectivity index (χ1) is 9.75. The van der Waals surface area contributed by atoms with Crippen LogP contribution in [0.15, 0.2) is 51.8 Å². The number of rotatable bonds is 3. The number of hydrogen-bond donors (Lipinski definition) is 1. The minimum Gasteiger partial charge on any atom is -0.322 e. The van der Waals surface area contributed by atoms with Crippen molar-refractivity contribution in [3.8, 4) is 0 Å². The third-order valence-corrected chi connectivity index (χ3v) is 4.56. The lowest BCUT2D eigenvalue weighted by Crippen LogP contribution is -2.11. The molecule has 21 heavy (non-hydrogen) atoms. The Hall–Kier alpha value is -1.08.